The lowest BCUT2D eigenvalue weighted by Crippen LogP contribution is -2.25. The molecule has 0 aliphatic heterocycles. The van der Waals surface area contributed by atoms with Crippen LogP contribution in [0.4, 0.5) is 0 Å². The van der Waals surface area contributed by atoms with E-state index in [4.69, 9.17) is 13.9 Å². The number of rotatable bonds is 9. The predicted molar refractivity (Wildman–Crippen MR) is 99.9 cm³/mol. The number of methoxy groups -OCH3 is 1. The van der Waals surface area contributed by atoms with Crippen molar-refractivity contribution in [1.29, 1.82) is 0 Å². The highest BCUT2D eigenvalue weighted by Crippen LogP contribution is 2.18. The molecule has 142 valence electrons. The fraction of sp³-hybridized carbons (Fsp3) is 0.300. The largest absolute Gasteiger partial charge is 0.497 e. The molecule has 0 aliphatic rings. The maximum Gasteiger partial charge on any atom is 0.286 e. The van der Waals surface area contributed by atoms with Gasteiger partial charge in [0.05, 0.1) is 7.11 Å². The maximum atomic E-state index is 12.1. The first-order valence-corrected chi connectivity index (χ1v) is 8.78. The van der Waals surface area contributed by atoms with E-state index in [0.29, 0.717) is 18.1 Å². The number of aryl methyl sites for hydroxylation is 2. The zero-order chi connectivity index (χ0) is 19.1. The van der Waals surface area contributed by atoms with Crippen LogP contribution in [-0.4, -0.2) is 29.3 Å². The molecular formula is C20H23N3O4. The first-order valence-electron chi connectivity index (χ1n) is 8.78. The number of amides is 1. The van der Waals surface area contributed by atoms with Gasteiger partial charge in [-0.1, -0.05) is 0 Å². The Hall–Kier alpha value is -3.22. The van der Waals surface area contributed by atoms with Crippen LogP contribution in [0, 0.1) is 6.92 Å². The van der Waals surface area contributed by atoms with Gasteiger partial charge in [0.2, 0.25) is 0 Å². The Balaban J connectivity index is 1.42. The number of nitrogens with one attached hydrogen (secondary N) is 1. The van der Waals surface area contributed by atoms with Gasteiger partial charge < -0.3 is 19.2 Å². The molecule has 0 fully saturated rings. The van der Waals surface area contributed by atoms with Crippen LogP contribution in [0.2, 0.25) is 0 Å². The lowest BCUT2D eigenvalue weighted by atomic mass is 10.3. The van der Waals surface area contributed by atoms with E-state index < -0.39 is 0 Å². The van der Waals surface area contributed by atoms with Gasteiger partial charge in [0.1, 0.15) is 23.9 Å². The van der Waals surface area contributed by atoms with Crippen molar-refractivity contribution in [3.63, 3.8) is 0 Å². The Morgan fingerprint density at radius 1 is 1.15 bits per heavy atom. The number of ether oxygens (including phenoxy) is 2. The van der Waals surface area contributed by atoms with Crippen molar-refractivity contribution >= 4 is 5.91 Å². The number of nitrogens with zero attached hydrogens (tertiary/aromatic N) is 2. The Bertz CT molecular complexity index is 867. The molecule has 27 heavy (non-hydrogen) atoms. The van der Waals surface area contributed by atoms with E-state index in [9.17, 15) is 4.79 Å². The lowest BCUT2D eigenvalue weighted by molar-refractivity contribution is 0.0921. The normalized spacial score (nSPS) is 10.6. The second-order valence-corrected chi connectivity index (χ2v) is 6.04. The summed E-state index contributed by atoms with van der Waals surface area (Å²) < 4.78 is 18.2. The van der Waals surface area contributed by atoms with E-state index in [1.165, 1.54) is 0 Å². The molecule has 0 saturated carbocycles. The van der Waals surface area contributed by atoms with Crippen LogP contribution < -0.4 is 14.8 Å². The molecule has 3 aromatic rings. The van der Waals surface area contributed by atoms with Crippen molar-refractivity contribution in [2.45, 2.75) is 26.5 Å². The van der Waals surface area contributed by atoms with Gasteiger partial charge in [-0.05, 0) is 55.8 Å². The minimum absolute atomic E-state index is 0.233. The summed E-state index contributed by atoms with van der Waals surface area (Å²) in [6.45, 7) is 3.57. The average Bonchev–Trinajstić information content (AvgIpc) is 3.33. The molecule has 0 saturated heterocycles. The van der Waals surface area contributed by atoms with E-state index in [1.807, 2.05) is 41.9 Å². The minimum Gasteiger partial charge on any atom is -0.497 e. The molecule has 7 nitrogen and oxygen atoms in total. The number of aromatic nitrogens is 2. The van der Waals surface area contributed by atoms with E-state index in [2.05, 4.69) is 10.4 Å². The van der Waals surface area contributed by atoms with Crippen LogP contribution in [0.15, 0.2) is 53.1 Å². The zero-order valence-corrected chi connectivity index (χ0v) is 15.5. The van der Waals surface area contributed by atoms with E-state index in [-0.39, 0.29) is 18.3 Å². The molecule has 0 unspecified atom stereocenters. The molecule has 0 bridgehead atoms. The molecule has 0 spiro atoms. The van der Waals surface area contributed by atoms with Crippen LogP contribution in [0.5, 0.6) is 11.5 Å². The van der Waals surface area contributed by atoms with Gasteiger partial charge in [0.25, 0.3) is 5.91 Å². The van der Waals surface area contributed by atoms with Crippen molar-refractivity contribution in [1.82, 2.24) is 15.1 Å². The third-order valence-electron chi connectivity index (χ3n) is 4.09. The monoisotopic (exact) mass is 369 g/mol. The van der Waals surface area contributed by atoms with E-state index in [1.54, 1.807) is 25.4 Å². The fourth-order valence-electron chi connectivity index (χ4n) is 2.55. The smallest absolute Gasteiger partial charge is 0.286 e. The number of furan rings is 1. The average molecular weight is 369 g/mol. The Kier molecular flexibility index (Phi) is 6.14. The predicted octanol–water partition coefficient (Wildman–Crippen LogP) is 3.19. The third kappa shape index (κ3) is 5.13. The maximum absolute atomic E-state index is 12.1. The highest BCUT2D eigenvalue weighted by Gasteiger charge is 2.11. The second-order valence-electron chi connectivity index (χ2n) is 6.04. The molecule has 2 heterocycles. The van der Waals surface area contributed by atoms with Gasteiger partial charge in [0.15, 0.2) is 5.76 Å². The topological polar surface area (TPSA) is 78.5 Å². The van der Waals surface area contributed by atoms with Gasteiger partial charge in [-0.25, -0.2) is 0 Å². The molecule has 0 aliphatic carbocycles. The Labute approximate surface area is 157 Å². The van der Waals surface area contributed by atoms with Crippen molar-refractivity contribution < 1.29 is 18.7 Å². The van der Waals surface area contributed by atoms with Gasteiger partial charge >= 0.3 is 0 Å². The van der Waals surface area contributed by atoms with Crippen molar-refractivity contribution in [2.75, 3.05) is 13.7 Å². The zero-order valence-electron chi connectivity index (χ0n) is 15.5. The van der Waals surface area contributed by atoms with Crippen molar-refractivity contribution in [2.24, 2.45) is 0 Å². The number of hydrogen-bond donors (Lipinski definition) is 1. The van der Waals surface area contributed by atoms with Crippen LogP contribution in [0.25, 0.3) is 0 Å². The van der Waals surface area contributed by atoms with Gasteiger partial charge in [-0.3, -0.25) is 9.48 Å². The SMILES string of the molecule is COc1ccc(OCc2ccc(C(=O)NCCCn3nccc3C)o2)cc1. The third-order valence-corrected chi connectivity index (χ3v) is 4.09. The standard InChI is InChI=1S/C20H23N3O4/c1-15-10-12-22-23(15)13-3-11-21-20(24)19-9-8-18(27-19)14-26-17-6-4-16(25-2)5-7-17/h4-10,12H,3,11,13-14H2,1-2H3,(H,21,24). The van der Waals surface area contributed by atoms with Crippen molar-refractivity contribution in [3.05, 3.63) is 65.9 Å². The quantitative estimate of drug-likeness (QED) is 0.586. The molecule has 7 heteroatoms. The molecule has 0 atom stereocenters. The molecule has 1 aromatic carbocycles. The highest BCUT2D eigenvalue weighted by atomic mass is 16.5. The van der Waals surface area contributed by atoms with Gasteiger partial charge in [-0.2, -0.15) is 5.10 Å². The van der Waals surface area contributed by atoms with Crippen LogP contribution in [0.3, 0.4) is 0 Å². The molecular weight excluding hydrogens is 346 g/mol. The first kappa shape index (κ1) is 18.6. The molecule has 1 N–H and O–H groups in total. The van der Waals surface area contributed by atoms with Crippen molar-refractivity contribution in [3.8, 4) is 11.5 Å². The number of benzene rings is 1. The minimum atomic E-state index is -0.233. The summed E-state index contributed by atoms with van der Waals surface area (Å²) in [7, 11) is 1.61. The Morgan fingerprint density at radius 2 is 1.93 bits per heavy atom. The number of carbonyl (C=O) groups is 1. The Morgan fingerprint density at radius 3 is 2.63 bits per heavy atom. The van der Waals surface area contributed by atoms with E-state index >= 15 is 0 Å². The fourth-order valence-corrected chi connectivity index (χ4v) is 2.55. The number of carbonyl (C=O) groups excluding carboxylic acids is 1. The summed E-state index contributed by atoms with van der Waals surface area (Å²) in [4.78, 5) is 12.1. The summed E-state index contributed by atoms with van der Waals surface area (Å²) in [6.07, 6.45) is 2.56. The lowest BCUT2D eigenvalue weighted by Gasteiger charge is -2.06. The summed E-state index contributed by atoms with van der Waals surface area (Å²) in [5.74, 6) is 2.10. The summed E-state index contributed by atoms with van der Waals surface area (Å²) in [6, 6.07) is 12.6. The van der Waals surface area contributed by atoms with E-state index in [0.717, 1.165) is 24.4 Å². The molecule has 1 amide bonds. The molecule has 0 radical (unpaired) electrons. The van der Waals surface area contributed by atoms with Crippen LogP contribution in [0.1, 0.15) is 28.4 Å². The number of hydrogen-bond acceptors (Lipinski definition) is 5. The first-order chi connectivity index (χ1) is 13.2. The highest BCUT2D eigenvalue weighted by molar-refractivity contribution is 5.91. The molecule has 2 aromatic heterocycles. The van der Waals surface area contributed by atoms with Gasteiger partial charge in [0, 0.05) is 25.0 Å². The van der Waals surface area contributed by atoms with Crippen LogP contribution >= 0.6 is 0 Å². The molecule has 3 rings (SSSR count). The van der Waals surface area contributed by atoms with Gasteiger partial charge in [-0.15, -0.1) is 0 Å². The summed E-state index contributed by atoms with van der Waals surface area (Å²) in [5.41, 5.74) is 1.11. The van der Waals surface area contributed by atoms with Crippen LogP contribution in [-0.2, 0) is 13.2 Å². The summed E-state index contributed by atoms with van der Waals surface area (Å²) in [5, 5.41) is 7.07. The summed E-state index contributed by atoms with van der Waals surface area (Å²) >= 11 is 0. The second kappa shape index (κ2) is 8.93.